The first kappa shape index (κ1) is 19.5. The van der Waals surface area contributed by atoms with E-state index in [0.29, 0.717) is 25.5 Å². The fourth-order valence-electron chi connectivity index (χ4n) is 3.86. The Labute approximate surface area is 177 Å². The predicted molar refractivity (Wildman–Crippen MR) is 106 cm³/mol. The second-order valence-corrected chi connectivity index (χ2v) is 7.25. The molecule has 2 aliphatic rings. The Morgan fingerprint density at radius 3 is 2.84 bits per heavy atom. The van der Waals surface area contributed by atoms with Crippen LogP contribution in [0.3, 0.4) is 0 Å². The van der Waals surface area contributed by atoms with E-state index in [1.807, 2.05) is 42.0 Å². The van der Waals surface area contributed by atoms with E-state index in [1.165, 1.54) is 0 Å². The van der Waals surface area contributed by atoms with Crippen molar-refractivity contribution >= 4 is 6.03 Å². The van der Waals surface area contributed by atoms with Gasteiger partial charge in [0.05, 0.1) is 25.6 Å². The molecule has 4 heterocycles. The Morgan fingerprint density at radius 2 is 2.06 bits per heavy atom. The molecule has 0 radical (unpaired) electrons. The lowest BCUT2D eigenvalue weighted by molar-refractivity contribution is 0.0613. The molecule has 2 aliphatic heterocycles. The quantitative estimate of drug-likeness (QED) is 0.588. The average Bonchev–Trinajstić information content (AvgIpc) is 3.55. The van der Waals surface area contributed by atoms with Crippen molar-refractivity contribution in [1.82, 2.24) is 40.4 Å². The van der Waals surface area contributed by atoms with E-state index in [4.69, 9.17) is 14.2 Å². The van der Waals surface area contributed by atoms with Crippen molar-refractivity contribution < 1.29 is 19.0 Å². The number of benzene rings is 1. The number of aromatic nitrogens is 6. The van der Waals surface area contributed by atoms with Crippen molar-refractivity contribution in [2.45, 2.75) is 31.2 Å². The zero-order valence-corrected chi connectivity index (χ0v) is 16.8. The number of carbonyl (C=O) groups is 1. The van der Waals surface area contributed by atoms with Crippen LogP contribution in [0.25, 0.3) is 5.69 Å². The van der Waals surface area contributed by atoms with Crippen molar-refractivity contribution in [3.63, 3.8) is 0 Å². The van der Waals surface area contributed by atoms with E-state index >= 15 is 0 Å². The molecule has 162 valence electrons. The van der Waals surface area contributed by atoms with Crippen LogP contribution < -0.4 is 15.4 Å². The summed E-state index contributed by atoms with van der Waals surface area (Å²) in [4.78, 5) is 15.9. The third-order valence-electron chi connectivity index (χ3n) is 5.31. The molecule has 4 atom stereocenters. The highest BCUT2D eigenvalue weighted by Gasteiger charge is 2.50. The van der Waals surface area contributed by atoms with Crippen LogP contribution in [0.15, 0.2) is 43.0 Å². The van der Waals surface area contributed by atoms with Crippen LogP contribution in [0, 0.1) is 0 Å². The molecule has 2 N–H and O–H groups in total. The van der Waals surface area contributed by atoms with Gasteiger partial charge >= 0.3 is 12.0 Å². The van der Waals surface area contributed by atoms with Gasteiger partial charge in [-0.15, -0.1) is 0 Å². The summed E-state index contributed by atoms with van der Waals surface area (Å²) >= 11 is 0. The Kier molecular flexibility index (Phi) is 5.22. The molecule has 0 saturated carbocycles. The molecule has 12 nitrogen and oxygen atoms in total. The van der Waals surface area contributed by atoms with E-state index in [9.17, 15) is 4.79 Å². The molecule has 3 aromatic rings. The first-order valence-electron chi connectivity index (χ1n) is 10.0. The number of urea groups is 1. The van der Waals surface area contributed by atoms with Gasteiger partial charge in [0, 0.05) is 24.6 Å². The molecule has 0 spiro atoms. The number of hydrogen-bond acceptors (Lipinski definition) is 8. The van der Waals surface area contributed by atoms with Crippen molar-refractivity contribution in [3.8, 4) is 17.4 Å². The highest BCUT2D eigenvalue weighted by atomic mass is 16.6. The summed E-state index contributed by atoms with van der Waals surface area (Å²) < 4.78 is 21.2. The summed E-state index contributed by atoms with van der Waals surface area (Å²) in [6, 6.07) is 7.00. The largest absolute Gasteiger partial charge is 0.423 e. The Balaban J connectivity index is 1.27. The average molecular weight is 426 g/mol. The number of rotatable bonds is 6. The standard InChI is InChI=1S/C19H22N8O4/c1-2-21-18(28)22-14-9-29-17-15(10-30-16(14)17)27-19(23-24-25-27)31-13-5-3-12(4-6-13)26-8-7-20-11-26/h3-8,11,14-17H,2,9-10H2,1H3,(H2,21,22,28)/t14-,15+,16-,17+/m1/s1. The normalized spacial score (nSPS) is 24.7. The maximum atomic E-state index is 11.9. The molecular weight excluding hydrogens is 404 g/mol. The molecule has 2 fully saturated rings. The van der Waals surface area contributed by atoms with E-state index in [1.54, 1.807) is 17.2 Å². The first-order chi connectivity index (χ1) is 15.2. The topological polar surface area (TPSA) is 130 Å². The molecule has 0 aliphatic carbocycles. The van der Waals surface area contributed by atoms with Crippen LogP contribution in [0.2, 0.25) is 0 Å². The van der Waals surface area contributed by atoms with Gasteiger partial charge in [0.1, 0.15) is 24.0 Å². The summed E-state index contributed by atoms with van der Waals surface area (Å²) in [5.74, 6) is 0.596. The lowest BCUT2D eigenvalue weighted by Crippen LogP contribution is -2.48. The summed E-state index contributed by atoms with van der Waals surface area (Å²) in [6.07, 6.45) is 4.74. The minimum Gasteiger partial charge on any atom is -0.423 e. The molecule has 1 aromatic carbocycles. The number of nitrogens with zero attached hydrogens (tertiary/aromatic N) is 6. The number of ether oxygens (including phenoxy) is 3. The number of hydrogen-bond donors (Lipinski definition) is 2. The lowest BCUT2D eigenvalue weighted by Gasteiger charge is -2.18. The van der Waals surface area contributed by atoms with Gasteiger partial charge in [0.2, 0.25) is 0 Å². The van der Waals surface area contributed by atoms with Gasteiger partial charge in [-0.2, -0.15) is 4.68 Å². The van der Waals surface area contributed by atoms with Crippen molar-refractivity contribution in [2.75, 3.05) is 19.8 Å². The van der Waals surface area contributed by atoms with Crippen molar-refractivity contribution in [3.05, 3.63) is 43.0 Å². The second kappa shape index (κ2) is 8.32. The fourth-order valence-corrected chi connectivity index (χ4v) is 3.86. The van der Waals surface area contributed by atoms with Crippen LogP contribution >= 0.6 is 0 Å². The Bertz CT molecular complexity index is 1020. The van der Waals surface area contributed by atoms with Gasteiger partial charge in [0.25, 0.3) is 0 Å². The Morgan fingerprint density at radius 1 is 1.23 bits per heavy atom. The SMILES string of the molecule is CCNC(=O)N[C@@H]1CO[C@@H]2[C@@H]1OC[C@@H]2n1nnnc1Oc1ccc(-n2ccnc2)cc1. The first-order valence-corrected chi connectivity index (χ1v) is 10.0. The van der Waals surface area contributed by atoms with E-state index < -0.39 is 0 Å². The number of imidazole rings is 1. The summed E-state index contributed by atoms with van der Waals surface area (Å²) in [5, 5.41) is 17.5. The summed E-state index contributed by atoms with van der Waals surface area (Å²) in [7, 11) is 0. The highest BCUT2D eigenvalue weighted by Crippen LogP contribution is 2.36. The maximum absolute atomic E-state index is 11.9. The van der Waals surface area contributed by atoms with Crippen LogP contribution in [0.1, 0.15) is 13.0 Å². The third-order valence-corrected chi connectivity index (χ3v) is 5.31. The number of carbonyl (C=O) groups excluding carboxylic acids is 1. The van der Waals surface area contributed by atoms with Crippen LogP contribution in [0.4, 0.5) is 4.79 Å². The number of amides is 2. The number of tetrazole rings is 1. The predicted octanol–water partition coefficient (Wildman–Crippen LogP) is 0.677. The molecule has 2 amide bonds. The van der Waals surface area contributed by atoms with Gasteiger partial charge in [-0.05, 0) is 41.6 Å². The van der Waals surface area contributed by atoms with E-state index in [0.717, 1.165) is 5.69 Å². The van der Waals surface area contributed by atoms with Gasteiger partial charge < -0.3 is 29.4 Å². The van der Waals surface area contributed by atoms with Crippen molar-refractivity contribution in [1.29, 1.82) is 0 Å². The number of fused-ring (bicyclic) bond motifs is 1. The van der Waals surface area contributed by atoms with Gasteiger partial charge in [-0.25, -0.2) is 9.78 Å². The van der Waals surface area contributed by atoms with Crippen LogP contribution in [0.5, 0.6) is 11.8 Å². The maximum Gasteiger partial charge on any atom is 0.341 e. The minimum absolute atomic E-state index is 0.238. The van der Waals surface area contributed by atoms with E-state index in [2.05, 4.69) is 31.1 Å². The Hall–Kier alpha value is -3.51. The summed E-state index contributed by atoms with van der Waals surface area (Å²) in [6.45, 7) is 3.12. The minimum atomic E-state index is -0.290. The molecule has 0 bridgehead atoms. The van der Waals surface area contributed by atoms with Gasteiger partial charge in [0.15, 0.2) is 0 Å². The molecule has 2 saturated heterocycles. The summed E-state index contributed by atoms with van der Waals surface area (Å²) in [5.41, 5.74) is 0.960. The van der Waals surface area contributed by atoms with Crippen molar-refractivity contribution in [2.24, 2.45) is 0 Å². The molecule has 12 heteroatoms. The highest BCUT2D eigenvalue weighted by molar-refractivity contribution is 5.74. The second-order valence-electron chi connectivity index (χ2n) is 7.25. The van der Waals surface area contributed by atoms with Gasteiger partial charge in [-0.1, -0.05) is 5.10 Å². The van der Waals surface area contributed by atoms with Crippen LogP contribution in [-0.4, -0.2) is 73.8 Å². The monoisotopic (exact) mass is 426 g/mol. The molecule has 5 rings (SSSR count). The molecule has 0 unspecified atom stereocenters. The number of nitrogens with one attached hydrogen (secondary N) is 2. The molecule has 31 heavy (non-hydrogen) atoms. The van der Waals surface area contributed by atoms with Crippen LogP contribution in [-0.2, 0) is 9.47 Å². The van der Waals surface area contributed by atoms with Gasteiger partial charge in [-0.3, -0.25) is 0 Å². The zero-order valence-electron chi connectivity index (χ0n) is 16.8. The third kappa shape index (κ3) is 3.82. The van der Waals surface area contributed by atoms with E-state index in [-0.39, 0.29) is 36.3 Å². The molecular formula is C19H22N8O4. The fraction of sp³-hybridized carbons (Fsp3) is 0.421. The molecule has 2 aromatic heterocycles. The zero-order chi connectivity index (χ0) is 21.2. The smallest absolute Gasteiger partial charge is 0.341 e. The lowest BCUT2D eigenvalue weighted by atomic mass is 10.1.